The second kappa shape index (κ2) is 6.99. The van der Waals surface area contributed by atoms with Gasteiger partial charge in [-0.25, -0.2) is 9.18 Å². The summed E-state index contributed by atoms with van der Waals surface area (Å²) in [5.74, 6) is -0.797. The highest BCUT2D eigenvalue weighted by atomic mass is 19.1. The Hall–Kier alpha value is -3.35. The van der Waals surface area contributed by atoms with Crippen molar-refractivity contribution in [2.45, 2.75) is 32.2 Å². The van der Waals surface area contributed by atoms with E-state index in [0.717, 1.165) is 23.1 Å². The van der Waals surface area contributed by atoms with E-state index in [1.807, 2.05) is 18.2 Å². The zero-order chi connectivity index (χ0) is 19.8. The Morgan fingerprint density at radius 2 is 1.86 bits per heavy atom. The Bertz CT molecular complexity index is 1120. The second-order valence-electron chi connectivity index (χ2n) is 7.20. The fraction of sp³-hybridized carbons (Fsp3) is 0.238. The number of aromatic nitrogens is 2. The zero-order valence-corrected chi connectivity index (χ0v) is 15.3. The highest BCUT2D eigenvalue weighted by Gasteiger charge is 2.24. The molecule has 7 heteroatoms. The first kappa shape index (κ1) is 18.0. The van der Waals surface area contributed by atoms with Crippen molar-refractivity contribution in [3.8, 4) is 17.0 Å². The van der Waals surface area contributed by atoms with Crippen LogP contribution in [0.25, 0.3) is 11.1 Å². The summed E-state index contributed by atoms with van der Waals surface area (Å²) in [6.07, 6.45) is 1.32. The van der Waals surface area contributed by atoms with Crippen molar-refractivity contribution in [1.82, 2.24) is 15.3 Å². The third-order valence-electron chi connectivity index (χ3n) is 5.11. The van der Waals surface area contributed by atoms with Gasteiger partial charge in [0, 0.05) is 6.04 Å². The van der Waals surface area contributed by atoms with E-state index in [4.69, 9.17) is 0 Å². The number of halogens is 1. The molecule has 144 valence electrons. The van der Waals surface area contributed by atoms with Crippen molar-refractivity contribution in [2.24, 2.45) is 0 Å². The van der Waals surface area contributed by atoms with Gasteiger partial charge >= 0.3 is 5.69 Å². The smallest absolute Gasteiger partial charge is 0.325 e. The third-order valence-corrected chi connectivity index (χ3v) is 5.11. The molecule has 3 aromatic rings. The molecule has 0 bridgehead atoms. The molecule has 6 nitrogen and oxygen atoms in total. The fourth-order valence-electron chi connectivity index (χ4n) is 3.70. The quantitative estimate of drug-likeness (QED) is 0.558. The number of carbonyl (C=O) groups excluding carboxylic acids is 1. The molecule has 1 atom stereocenters. The number of benzene rings is 2. The number of aromatic amines is 2. The molecule has 1 aliphatic rings. The normalized spacial score (nSPS) is 15.4. The van der Waals surface area contributed by atoms with Crippen LogP contribution in [-0.2, 0) is 24.1 Å². The van der Waals surface area contributed by atoms with Crippen LogP contribution in [0.1, 0.15) is 22.4 Å². The second-order valence-corrected chi connectivity index (χ2v) is 7.20. The van der Waals surface area contributed by atoms with E-state index in [0.29, 0.717) is 12.0 Å². The van der Waals surface area contributed by atoms with Gasteiger partial charge in [0.25, 0.3) is 0 Å². The largest absolute Gasteiger partial charge is 0.493 e. The number of hydrogen-bond donors (Lipinski definition) is 4. The van der Waals surface area contributed by atoms with Crippen LogP contribution in [0.15, 0.2) is 41.2 Å². The number of carbonyl (C=O) groups is 1. The van der Waals surface area contributed by atoms with E-state index in [9.17, 15) is 19.1 Å². The molecular formula is C21H20FN3O3. The van der Waals surface area contributed by atoms with Gasteiger partial charge < -0.3 is 15.4 Å². The van der Waals surface area contributed by atoms with Gasteiger partial charge in [-0.1, -0.05) is 24.3 Å². The summed E-state index contributed by atoms with van der Waals surface area (Å²) in [6.45, 7) is 1.74. The minimum Gasteiger partial charge on any atom is -0.493 e. The predicted octanol–water partition coefficient (Wildman–Crippen LogP) is 2.35. The molecule has 28 heavy (non-hydrogen) atoms. The van der Waals surface area contributed by atoms with Crippen molar-refractivity contribution in [3.05, 3.63) is 75.1 Å². The zero-order valence-electron chi connectivity index (χ0n) is 15.3. The van der Waals surface area contributed by atoms with Gasteiger partial charge in [-0.2, -0.15) is 0 Å². The van der Waals surface area contributed by atoms with Crippen LogP contribution in [0, 0.1) is 12.7 Å². The summed E-state index contributed by atoms with van der Waals surface area (Å²) in [4.78, 5) is 28.0. The monoisotopic (exact) mass is 381 g/mol. The fourth-order valence-corrected chi connectivity index (χ4v) is 3.70. The van der Waals surface area contributed by atoms with Crippen molar-refractivity contribution < 1.29 is 14.3 Å². The van der Waals surface area contributed by atoms with Crippen LogP contribution in [0.3, 0.4) is 0 Å². The Morgan fingerprint density at radius 3 is 2.57 bits per heavy atom. The van der Waals surface area contributed by atoms with Crippen molar-refractivity contribution in [1.29, 1.82) is 0 Å². The molecule has 1 heterocycles. The molecule has 0 fully saturated rings. The van der Waals surface area contributed by atoms with Gasteiger partial charge in [-0.3, -0.25) is 9.78 Å². The third kappa shape index (κ3) is 3.55. The lowest BCUT2D eigenvalue weighted by Crippen LogP contribution is -2.36. The minimum atomic E-state index is -0.544. The van der Waals surface area contributed by atoms with E-state index in [1.54, 1.807) is 13.0 Å². The van der Waals surface area contributed by atoms with E-state index >= 15 is 0 Å². The van der Waals surface area contributed by atoms with Gasteiger partial charge in [0.1, 0.15) is 5.82 Å². The molecule has 0 radical (unpaired) electrons. The van der Waals surface area contributed by atoms with Crippen molar-refractivity contribution in [2.75, 3.05) is 0 Å². The number of fused-ring (bicyclic) bond motifs is 1. The maximum atomic E-state index is 13.5. The summed E-state index contributed by atoms with van der Waals surface area (Å²) in [5, 5.41) is 12.5. The number of nitrogens with one attached hydrogen (secondary N) is 3. The molecule has 1 aliphatic carbocycles. The number of aryl methyl sites for hydroxylation is 1. The first-order valence-electron chi connectivity index (χ1n) is 9.07. The Morgan fingerprint density at radius 1 is 1.14 bits per heavy atom. The van der Waals surface area contributed by atoms with Crippen LogP contribution >= 0.6 is 0 Å². The maximum Gasteiger partial charge on any atom is 0.325 e. The Kier molecular flexibility index (Phi) is 4.50. The lowest BCUT2D eigenvalue weighted by molar-refractivity contribution is -0.121. The van der Waals surface area contributed by atoms with Gasteiger partial charge in [0.05, 0.1) is 12.1 Å². The van der Waals surface area contributed by atoms with Crippen LogP contribution in [0.5, 0.6) is 5.88 Å². The van der Waals surface area contributed by atoms with E-state index in [-0.39, 0.29) is 35.8 Å². The highest BCUT2D eigenvalue weighted by molar-refractivity contribution is 5.79. The Labute approximate surface area is 160 Å². The molecule has 0 saturated carbocycles. The Balaban J connectivity index is 1.45. The lowest BCUT2D eigenvalue weighted by Gasteiger charge is -2.11. The van der Waals surface area contributed by atoms with Gasteiger partial charge in [0.2, 0.25) is 11.8 Å². The average molecular weight is 381 g/mol. The van der Waals surface area contributed by atoms with Crippen LogP contribution in [0.2, 0.25) is 0 Å². The molecule has 0 aliphatic heterocycles. The molecule has 1 aromatic heterocycles. The molecule has 1 amide bonds. The molecule has 1 unspecified atom stereocenters. The minimum absolute atomic E-state index is 0.0412. The van der Waals surface area contributed by atoms with Crippen LogP contribution in [0.4, 0.5) is 4.39 Å². The molecule has 0 spiro atoms. The molecular weight excluding hydrogens is 361 g/mol. The number of hydrogen-bond acceptors (Lipinski definition) is 3. The number of rotatable bonds is 4. The highest BCUT2D eigenvalue weighted by Crippen LogP contribution is 2.29. The van der Waals surface area contributed by atoms with Crippen LogP contribution in [-0.4, -0.2) is 27.0 Å². The van der Waals surface area contributed by atoms with E-state index < -0.39 is 5.69 Å². The topological polar surface area (TPSA) is 98.0 Å². The summed E-state index contributed by atoms with van der Waals surface area (Å²) < 4.78 is 13.5. The maximum absolute atomic E-state index is 13.5. The summed E-state index contributed by atoms with van der Waals surface area (Å²) in [6, 6.07) is 11.2. The summed E-state index contributed by atoms with van der Waals surface area (Å²) in [5.41, 5.74) is 4.54. The first-order valence-corrected chi connectivity index (χ1v) is 9.07. The van der Waals surface area contributed by atoms with E-state index in [2.05, 4.69) is 21.4 Å². The first-order chi connectivity index (χ1) is 13.4. The van der Waals surface area contributed by atoms with Crippen LogP contribution < -0.4 is 11.0 Å². The lowest BCUT2D eigenvalue weighted by atomic mass is 9.99. The average Bonchev–Trinajstić information content (AvgIpc) is 3.18. The molecule has 4 rings (SSSR count). The number of amides is 1. The SMILES string of the molecule is Cc1cc(-c2ccc3c(c2)CC(NC(=O)Cc2[nH]c(=O)[nH]c2O)C3)ccc1F. The molecule has 2 aromatic carbocycles. The molecule has 4 N–H and O–H groups in total. The predicted molar refractivity (Wildman–Crippen MR) is 103 cm³/mol. The van der Waals surface area contributed by atoms with E-state index in [1.165, 1.54) is 11.6 Å². The van der Waals surface area contributed by atoms with Gasteiger partial charge in [0.15, 0.2) is 0 Å². The number of aromatic hydroxyl groups is 1. The van der Waals surface area contributed by atoms with Crippen molar-refractivity contribution in [3.63, 3.8) is 0 Å². The number of H-pyrrole nitrogens is 2. The van der Waals surface area contributed by atoms with Gasteiger partial charge in [-0.05, 0) is 59.7 Å². The van der Waals surface area contributed by atoms with Gasteiger partial charge in [-0.15, -0.1) is 0 Å². The van der Waals surface area contributed by atoms with Crippen molar-refractivity contribution >= 4 is 5.91 Å². The number of imidazole rings is 1. The summed E-state index contributed by atoms with van der Waals surface area (Å²) >= 11 is 0. The summed E-state index contributed by atoms with van der Waals surface area (Å²) in [7, 11) is 0. The molecule has 0 saturated heterocycles. The standard InChI is InChI=1S/C21H20FN3O3/c1-11-6-12(4-5-17(11)22)13-2-3-14-8-16(9-15(14)7-13)23-19(26)10-18-20(27)25-21(28)24-18/h2-7,16,27H,8-10H2,1H3,(H,23,26)(H2,24,25,28).